The van der Waals surface area contributed by atoms with E-state index in [1.807, 2.05) is 16.7 Å². The van der Waals surface area contributed by atoms with Crippen LogP contribution in [0.4, 0.5) is 0 Å². The van der Waals surface area contributed by atoms with Crippen molar-refractivity contribution in [2.45, 2.75) is 31.6 Å². The fourth-order valence-corrected chi connectivity index (χ4v) is 3.27. The Morgan fingerprint density at radius 2 is 2.20 bits per heavy atom. The molecule has 2 saturated heterocycles. The summed E-state index contributed by atoms with van der Waals surface area (Å²) in [5.41, 5.74) is 0. The lowest BCUT2D eigenvalue weighted by atomic mass is 10.2. The number of rotatable bonds is 2. The van der Waals surface area contributed by atoms with E-state index >= 15 is 0 Å². The molecule has 1 N–H and O–H groups in total. The molecule has 0 aromatic rings. The molecule has 2 rings (SSSR count). The van der Waals surface area contributed by atoms with Crippen molar-refractivity contribution in [1.29, 1.82) is 0 Å². The van der Waals surface area contributed by atoms with Crippen molar-refractivity contribution in [2.75, 3.05) is 25.4 Å². The van der Waals surface area contributed by atoms with Crippen LogP contribution in [0.2, 0.25) is 0 Å². The van der Waals surface area contributed by atoms with Crippen LogP contribution in [-0.2, 0) is 4.79 Å². The number of hydrogen-bond donors (Lipinski definition) is 1. The zero-order valence-electron chi connectivity index (χ0n) is 9.37. The summed E-state index contributed by atoms with van der Waals surface area (Å²) in [5, 5.41) is 3.79. The van der Waals surface area contributed by atoms with E-state index in [2.05, 4.69) is 12.2 Å². The van der Waals surface area contributed by atoms with Gasteiger partial charge in [0.1, 0.15) is 0 Å². The smallest absolute Gasteiger partial charge is 0.225 e. The first-order valence-electron chi connectivity index (χ1n) is 5.88. The number of thioether (sulfide) groups is 1. The summed E-state index contributed by atoms with van der Waals surface area (Å²) >= 11 is 1.90. The van der Waals surface area contributed by atoms with Crippen LogP contribution >= 0.6 is 11.8 Å². The number of amides is 1. The molecule has 0 bridgehead atoms. The van der Waals surface area contributed by atoms with Crippen LogP contribution in [-0.4, -0.2) is 41.6 Å². The van der Waals surface area contributed by atoms with E-state index in [9.17, 15) is 4.79 Å². The fraction of sp³-hybridized carbons (Fsp3) is 0.909. The SMILES string of the molecule is CC1CNC(CC(=O)N2CCCC2)SC1. The molecule has 3 nitrogen and oxygen atoms in total. The molecule has 2 fully saturated rings. The van der Waals surface area contributed by atoms with Crippen LogP contribution in [0.15, 0.2) is 0 Å². The van der Waals surface area contributed by atoms with E-state index in [4.69, 9.17) is 0 Å². The standard InChI is InChI=1S/C11H20N2OS/c1-9-7-12-10(15-8-9)6-11(14)13-4-2-3-5-13/h9-10,12H,2-8H2,1H3. The maximum absolute atomic E-state index is 11.9. The number of hydrogen-bond acceptors (Lipinski definition) is 3. The van der Waals surface area contributed by atoms with Gasteiger partial charge in [-0.3, -0.25) is 4.79 Å². The molecule has 1 amide bonds. The molecule has 86 valence electrons. The topological polar surface area (TPSA) is 32.3 Å². The molecule has 2 unspecified atom stereocenters. The molecule has 2 heterocycles. The van der Waals surface area contributed by atoms with E-state index in [0.717, 1.165) is 25.6 Å². The van der Waals surface area contributed by atoms with Crippen molar-refractivity contribution in [3.63, 3.8) is 0 Å². The van der Waals surface area contributed by atoms with Gasteiger partial charge in [-0.05, 0) is 31.1 Å². The van der Waals surface area contributed by atoms with Crippen molar-refractivity contribution in [3.05, 3.63) is 0 Å². The summed E-state index contributed by atoms with van der Waals surface area (Å²) in [6.45, 7) is 5.27. The van der Waals surface area contributed by atoms with E-state index in [1.165, 1.54) is 18.6 Å². The zero-order valence-corrected chi connectivity index (χ0v) is 10.2. The van der Waals surface area contributed by atoms with Gasteiger partial charge in [0, 0.05) is 13.1 Å². The van der Waals surface area contributed by atoms with Gasteiger partial charge in [-0.1, -0.05) is 6.92 Å². The maximum Gasteiger partial charge on any atom is 0.225 e. The Morgan fingerprint density at radius 1 is 1.47 bits per heavy atom. The lowest BCUT2D eigenvalue weighted by Gasteiger charge is -2.28. The molecule has 0 spiro atoms. The van der Waals surface area contributed by atoms with E-state index in [1.54, 1.807) is 0 Å². The highest BCUT2D eigenvalue weighted by Gasteiger charge is 2.24. The summed E-state index contributed by atoms with van der Waals surface area (Å²) in [6, 6.07) is 0. The predicted octanol–water partition coefficient (Wildman–Crippen LogP) is 1.30. The molecule has 0 saturated carbocycles. The molecule has 2 aliphatic heterocycles. The second-order valence-electron chi connectivity index (χ2n) is 4.63. The van der Waals surface area contributed by atoms with E-state index < -0.39 is 0 Å². The van der Waals surface area contributed by atoms with Gasteiger partial charge in [0.05, 0.1) is 11.8 Å². The summed E-state index contributed by atoms with van der Waals surface area (Å²) < 4.78 is 0. The fourth-order valence-electron chi connectivity index (χ4n) is 2.12. The van der Waals surface area contributed by atoms with Gasteiger partial charge in [0.15, 0.2) is 0 Å². The average molecular weight is 228 g/mol. The highest BCUT2D eigenvalue weighted by Crippen LogP contribution is 2.22. The highest BCUT2D eigenvalue weighted by molar-refractivity contribution is 7.99. The van der Waals surface area contributed by atoms with Gasteiger partial charge >= 0.3 is 0 Å². The predicted molar refractivity (Wildman–Crippen MR) is 63.8 cm³/mol. The van der Waals surface area contributed by atoms with E-state index in [-0.39, 0.29) is 0 Å². The largest absolute Gasteiger partial charge is 0.343 e. The van der Waals surface area contributed by atoms with Gasteiger partial charge in [-0.2, -0.15) is 0 Å². The normalized spacial score (nSPS) is 31.9. The van der Waals surface area contributed by atoms with Gasteiger partial charge in [0.25, 0.3) is 0 Å². The quantitative estimate of drug-likeness (QED) is 0.773. The number of nitrogens with one attached hydrogen (secondary N) is 1. The van der Waals surface area contributed by atoms with Crippen molar-refractivity contribution in [3.8, 4) is 0 Å². The Hall–Kier alpha value is -0.220. The lowest BCUT2D eigenvalue weighted by molar-refractivity contribution is -0.130. The van der Waals surface area contributed by atoms with Gasteiger partial charge in [0.2, 0.25) is 5.91 Å². The van der Waals surface area contributed by atoms with Gasteiger partial charge in [-0.25, -0.2) is 0 Å². The molecule has 0 aromatic carbocycles. The average Bonchev–Trinajstić information content (AvgIpc) is 2.74. The molecule has 15 heavy (non-hydrogen) atoms. The van der Waals surface area contributed by atoms with Crippen molar-refractivity contribution >= 4 is 17.7 Å². The third kappa shape index (κ3) is 3.11. The molecule has 2 aliphatic rings. The second kappa shape index (κ2) is 5.21. The monoisotopic (exact) mass is 228 g/mol. The first kappa shape index (κ1) is 11.3. The summed E-state index contributed by atoms with van der Waals surface area (Å²) in [7, 11) is 0. The Morgan fingerprint density at radius 3 is 2.80 bits per heavy atom. The molecule has 0 aliphatic carbocycles. The van der Waals surface area contributed by atoms with Gasteiger partial charge in [-0.15, -0.1) is 11.8 Å². The highest BCUT2D eigenvalue weighted by atomic mass is 32.2. The first-order valence-corrected chi connectivity index (χ1v) is 6.93. The minimum absolute atomic E-state index is 0.340. The number of nitrogens with zero attached hydrogens (tertiary/aromatic N) is 1. The minimum Gasteiger partial charge on any atom is -0.343 e. The maximum atomic E-state index is 11.9. The van der Waals surface area contributed by atoms with Crippen LogP contribution in [0, 0.1) is 5.92 Å². The van der Waals surface area contributed by atoms with Crippen LogP contribution in [0.5, 0.6) is 0 Å². The Balaban J connectivity index is 1.74. The minimum atomic E-state index is 0.340. The van der Waals surface area contributed by atoms with Crippen molar-refractivity contribution in [1.82, 2.24) is 10.2 Å². The number of carbonyl (C=O) groups excluding carboxylic acids is 1. The Labute approximate surface area is 96.0 Å². The number of likely N-dealkylation sites (tertiary alicyclic amines) is 1. The van der Waals surface area contributed by atoms with Crippen LogP contribution in [0.25, 0.3) is 0 Å². The molecular weight excluding hydrogens is 208 g/mol. The van der Waals surface area contributed by atoms with Crippen LogP contribution < -0.4 is 5.32 Å². The Kier molecular flexibility index (Phi) is 3.92. The number of carbonyl (C=O) groups is 1. The van der Waals surface area contributed by atoms with Crippen LogP contribution in [0.3, 0.4) is 0 Å². The first-order chi connectivity index (χ1) is 7.25. The van der Waals surface area contributed by atoms with Crippen molar-refractivity contribution in [2.24, 2.45) is 5.92 Å². The summed E-state index contributed by atoms with van der Waals surface area (Å²) in [4.78, 5) is 13.9. The molecule has 0 aromatic heterocycles. The third-order valence-corrected chi connectivity index (χ3v) is 4.59. The molecule has 0 radical (unpaired) electrons. The van der Waals surface area contributed by atoms with Gasteiger partial charge < -0.3 is 10.2 Å². The Bertz CT molecular complexity index is 221. The summed E-state index contributed by atoms with van der Waals surface area (Å²) in [6.07, 6.45) is 3.05. The lowest BCUT2D eigenvalue weighted by Crippen LogP contribution is -2.40. The second-order valence-corrected chi connectivity index (χ2v) is 5.86. The van der Waals surface area contributed by atoms with E-state index in [0.29, 0.717) is 17.7 Å². The molecule has 2 atom stereocenters. The third-order valence-electron chi connectivity index (χ3n) is 3.09. The zero-order chi connectivity index (χ0) is 10.7. The molecular formula is C11H20N2OS. The van der Waals surface area contributed by atoms with Crippen molar-refractivity contribution < 1.29 is 4.79 Å². The molecule has 4 heteroatoms. The van der Waals surface area contributed by atoms with Crippen LogP contribution in [0.1, 0.15) is 26.2 Å². The summed E-state index contributed by atoms with van der Waals surface area (Å²) in [5.74, 6) is 2.27.